The molecule has 122 valence electrons. The quantitative estimate of drug-likeness (QED) is 0.885. The van der Waals surface area contributed by atoms with Crippen LogP contribution in [0.5, 0.6) is 11.6 Å². The summed E-state index contributed by atoms with van der Waals surface area (Å²) in [6.07, 6.45) is 6.48. The van der Waals surface area contributed by atoms with Crippen molar-refractivity contribution in [1.29, 1.82) is 0 Å². The molecule has 1 saturated carbocycles. The van der Waals surface area contributed by atoms with Crippen molar-refractivity contribution in [2.45, 2.75) is 37.8 Å². The molecule has 1 fully saturated rings. The molecule has 23 heavy (non-hydrogen) atoms. The lowest BCUT2D eigenvalue weighted by Crippen LogP contribution is -2.47. The SMILES string of the molecule is COc1ccc2ncc3c(c2n1)NC(C1CCCCC1N)CO3. The molecule has 0 aromatic carbocycles. The van der Waals surface area contributed by atoms with Crippen molar-refractivity contribution in [2.24, 2.45) is 11.7 Å². The Morgan fingerprint density at radius 2 is 2.17 bits per heavy atom. The van der Waals surface area contributed by atoms with Crippen molar-refractivity contribution >= 4 is 16.7 Å². The topological polar surface area (TPSA) is 82.3 Å². The Balaban J connectivity index is 1.70. The maximum atomic E-state index is 6.34. The van der Waals surface area contributed by atoms with Gasteiger partial charge in [-0.15, -0.1) is 0 Å². The number of anilines is 1. The van der Waals surface area contributed by atoms with Crippen molar-refractivity contribution < 1.29 is 9.47 Å². The fraction of sp³-hybridized carbons (Fsp3) is 0.529. The van der Waals surface area contributed by atoms with Crippen LogP contribution in [-0.2, 0) is 0 Å². The van der Waals surface area contributed by atoms with E-state index in [1.807, 2.05) is 12.1 Å². The summed E-state index contributed by atoms with van der Waals surface area (Å²) in [5.74, 6) is 1.76. The molecule has 3 heterocycles. The van der Waals surface area contributed by atoms with Crippen LogP contribution in [0.1, 0.15) is 25.7 Å². The van der Waals surface area contributed by atoms with E-state index in [4.69, 9.17) is 15.2 Å². The van der Waals surface area contributed by atoms with Crippen LogP contribution in [0.25, 0.3) is 11.0 Å². The number of rotatable bonds is 2. The van der Waals surface area contributed by atoms with Crippen LogP contribution in [0, 0.1) is 5.92 Å². The van der Waals surface area contributed by atoms with E-state index in [0.29, 0.717) is 18.4 Å². The van der Waals surface area contributed by atoms with Gasteiger partial charge in [-0.3, -0.25) is 4.98 Å². The number of nitrogens with two attached hydrogens (primary N) is 1. The number of hydrogen-bond donors (Lipinski definition) is 2. The number of nitrogens with one attached hydrogen (secondary N) is 1. The molecule has 0 spiro atoms. The van der Waals surface area contributed by atoms with Gasteiger partial charge in [-0.1, -0.05) is 12.8 Å². The van der Waals surface area contributed by atoms with Crippen LogP contribution in [0.3, 0.4) is 0 Å². The summed E-state index contributed by atoms with van der Waals surface area (Å²) in [5.41, 5.74) is 8.87. The molecule has 4 rings (SSSR count). The Morgan fingerprint density at radius 3 is 3.00 bits per heavy atom. The van der Waals surface area contributed by atoms with E-state index in [-0.39, 0.29) is 12.1 Å². The van der Waals surface area contributed by atoms with E-state index in [0.717, 1.165) is 35.3 Å². The molecule has 2 aromatic heterocycles. The van der Waals surface area contributed by atoms with E-state index in [9.17, 15) is 0 Å². The van der Waals surface area contributed by atoms with Crippen LogP contribution in [0.15, 0.2) is 18.3 Å². The fourth-order valence-electron chi connectivity index (χ4n) is 3.72. The van der Waals surface area contributed by atoms with Gasteiger partial charge in [0.25, 0.3) is 0 Å². The predicted octanol–water partition coefficient (Wildman–Crippen LogP) is 2.33. The first-order chi connectivity index (χ1) is 11.3. The number of hydrogen-bond acceptors (Lipinski definition) is 6. The smallest absolute Gasteiger partial charge is 0.213 e. The number of aromatic nitrogens is 2. The second kappa shape index (κ2) is 5.85. The minimum atomic E-state index is 0.219. The lowest BCUT2D eigenvalue weighted by Gasteiger charge is -2.38. The van der Waals surface area contributed by atoms with Gasteiger partial charge in [-0.2, -0.15) is 0 Å². The van der Waals surface area contributed by atoms with Crippen molar-refractivity contribution in [1.82, 2.24) is 9.97 Å². The Kier molecular flexibility index (Phi) is 3.69. The van der Waals surface area contributed by atoms with Crippen molar-refractivity contribution in [3.05, 3.63) is 18.3 Å². The number of nitrogens with zero attached hydrogens (tertiary/aromatic N) is 2. The summed E-state index contributed by atoms with van der Waals surface area (Å²) in [6, 6.07) is 4.19. The van der Waals surface area contributed by atoms with Gasteiger partial charge >= 0.3 is 0 Å². The minimum absolute atomic E-state index is 0.219. The molecule has 3 unspecified atom stereocenters. The molecule has 1 aliphatic heterocycles. The predicted molar refractivity (Wildman–Crippen MR) is 88.9 cm³/mol. The summed E-state index contributed by atoms with van der Waals surface area (Å²) in [5, 5.41) is 3.63. The van der Waals surface area contributed by atoms with Gasteiger partial charge in [-0.25, -0.2) is 4.98 Å². The van der Waals surface area contributed by atoms with Crippen molar-refractivity contribution in [3.63, 3.8) is 0 Å². The molecular formula is C17H22N4O2. The molecule has 2 aromatic rings. The molecule has 0 amide bonds. The van der Waals surface area contributed by atoms with Gasteiger partial charge in [0, 0.05) is 12.1 Å². The molecule has 6 heteroatoms. The normalized spacial score (nSPS) is 27.0. The van der Waals surface area contributed by atoms with E-state index < -0.39 is 0 Å². The van der Waals surface area contributed by atoms with Gasteiger partial charge < -0.3 is 20.5 Å². The second-order valence-corrected chi connectivity index (χ2v) is 6.39. The van der Waals surface area contributed by atoms with Gasteiger partial charge in [0.05, 0.1) is 24.9 Å². The number of pyridine rings is 2. The first-order valence-corrected chi connectivity index (χ1v) is 8.25. The Bertz CT molecular complexity index is 716. The Hall–Kier alpha value is -2.08. The zero-order valence-corrected chi connectivity index (χ0v) is 13.3. The van der Waals surface area contributed by atoms with E-state index in [1.54, 1.807) is 13.3 Å². The summed E-state index contributed by atoms with van der Waals surface area (Å²) < 4.78 is 11.2. The lowest BCUT2D eigenvalue weighted by atomic mass is 9.80. The molecule has 0 saturated heterocycles. The molecule has 3 atom stereocenters. The highest BCUT2D eigenvalue weighted by Crippen LogP contribution is 2.38. The van der Waals surface area contributed by atoms with E-state index >= 15 is 0 Å². The third-order valence-electron chi connectivity index (χ3n) is 5.00. The summed E-state index contributed by atoms with van der Waals surface area (Å²) >= 11 is 0. The zero-order valence-electron chi connectivity index (χ0n) is 13.3. The molecule has 1 aliphatic carbocycles. The lowest BCUT2D eigenvalue weighted by molar-refractivity contribution is 0.196. The molecule has 0 radical (unpaired) electrons. The van der Waals surface area contributed by atoms with Crippen LogP contribution in [0.2, 0.25) is 0 Å². The largest absolute Gasteiger partial charge is 0.488 e. The number of fused-ring (bicyclic) bond motifs is 3. The first kappa shape index (κ1) is 14.5. The van der Waals surface area contributed by atoms with Gasteiger partial charge in [0.2, 0.25) is 5.88 Å². The van der Waals surface area contributed by atoms with Crippen LogP contribution in [0.4, 0.5) is 5.69 Å². The van der Waals surface area contributed by atoms with Gasteiger partial charge in [-0.05, 0) is 24.8 Å². The second-order valence-electron chi connectivity index (χ2n) is 6.39. The van der Waals surface area contributed by atoms with Gasteiger partial charge in [0.15, 0.2) is 5.75 Å². The molecule has 3 N–H and O–H groups in total. The van der Waals surface area contributed by atoms with E-state index in [1.165, 1.54) is 12.8 Å². The Labute approximate surface area is 135 Å². The van der Waals surface area contributed by atoms with Gasteiger partial charge in [0.1, 0.15) is 17.8 Å². The van der Waals surface area contributed by atoms with Crippen LogP contribution in [-0.4, -0.2) is 35.8 Å². The third kappa shape index (κ3) is 2.57. The minimum Gasteiger partial charge on any atom is -0.488 e. The van der Waals surface area contributed by atoms with Crippen LogP contribution >= 0.6 is 0 Å². The first-order valence-electron chi connectivity index (χ1n) is 8.25. The molecular weight excluding hydrogens is 292 g/mol. The highest BCUT2D eigenvalue weighted by atomic mass is 16.5. The molecule has 0 bridgehead atoms. The monoisotopic (exact) mass is 314 g/mol. The molecule has 2 aliphatic rings. The zero-order chi connectivity index (χ0) is 15.8. The maximum absolute atomic E-state index is 6.34. The third-order valence-corrected chi connectivity index (χ3v) is 5.00. The highest BCUT2D eigenvalue weighted by molar-refractivity contribution is 5.91. The maximum Gasteiger partial charge on any atom is 0.213 e. The fourth-order valence-corrected chi connectivity index (χ4v) is 3.72. The molecule has 6 nitrogen and oxygen atoms in total. The summed E-state index contributed by atoms with van der Waals surface area (Å²) in [7, 11) is 1.62. The average Bonchev–Trinajstić information content (AvgIpc) is 2.61. The highest BCUT2D eigenvalue weighted by Gasteiger charge is 2.33. The standard InChI is InChI=1S/C17H22N4O2/c1-22-15-7-6-12-16(21-15)17-14(8-19-12)23-9-13(20-17)10-4-2-3-5-11(10)18/h6-8,10-11,13,20H,2-5,9,18H2,1H3. The number of methoxy groups -OCH3 is 1. The average molecular weight is 314 g/mol. The van der Waals surface area contributed by atoms with Crippen LogP contribution < -0.4 is 20.5 Å². The Morgan fingerprint density at radius 1 is 1.30 bits per heavy atom. The summed E-state index contributed by atoms with van der Waals surface area (Å²) in [6.45, 7) is 0.628. The van der Waals surface area contributed by atoms with E-state index in [2.05, 4.69) is 15.3 Å². The van der Waals surface area contributed by atoms with Crippen molar-refractivity contribution in [2.75, 3.05) is 19.0 Å². The number of ether oxygens (including phenoxy) is 2. The van der Waals surface area contributed by atoms with Crippen molar-refractivity contribution in [3.8, 4) is 11.6 Å². The summed E-state index contributed by atoms with van der Waals surface area (Å²) in [4.78, 5) is 8.96.